The van der Waals surface area contributed by atoms with Crippen LogP contribution in [0.25, 0.3) is 11.0 Å². The number of carbonyl (C=O) groups is 4. The van der Waals surface area contributed by atoms with Gasteiger partial charge in [-0.2, -0.15) is 0 Å². The van der Waals surface area contributed by atoms with E-state index in [2.05, 4.69) is 25.9 Å². The van der Waals surface area contributed by atoms with Crippen LogP contribution in [0.3, 0.4) is 0 Å². The van der Waals surface area contributed by atoms with Gasteiger partial charge in [0.15, 0.2) is 0 Å². The maximum atomic E-state index is 13.5. The summed E-state index contributed by atoms with van der Waals surface area (Å²) in [5.74, 6) is -2.34. The Kier molecular flexibility index (Phi) is 9.15. The number of aromatic nitrogens is 3. The molecule has 11 nitrogen and oxygen atoms in total. The second kappa shape index (κ2) is 12.5. The third kappa shape index (κ3) is 7.31. The molecular formula is C27H31IN6O5. The van der Waals surface area contributed by atoms with Gasteiger partial charge in [0.05, 0.1) is 33.9 Å². The minimum Gasteiger partial charge on any atom is -0.349 e. The summed E-state index contributed by atoms with van der Waals surface area (Å²) in [5, 5.41) is 8.00. The molecule has 0 radical (unpaired) electrons. The summed E-state index contributed by atoms with van der Waals surface area (Å²) in [6.07, 6.45) is 3.55. The van der Waals surface area contributed by atoms with Crippen molar-refractivity contribution in [2.45, 2.75) is 51.6 Å². The van der Waals surface area contributed by atoms with Gasteiger partial charge in [-0.25, -0.2) is 4.98 Å². The van der Waals surface area contributed by atoms with E-state index >= 15 is 0 Å². The second-order valence-electron chi connectivity index (χ2n) is 10.2. The van der Waals surface area contributed by atoms with Gasteiger partial charge in [0, 0.05) is 24.7 Å². The fraction of sp³-hybridized carbons (Fsp3) is 0.407. The average molecular weight is 646 g/mol. The van der Waals surface area contributed by atoms with E-state index in [4.69, 9.17) is 0 Å². The number of imidazole rings is 1. The van der Waals surface area contributed by atoms with E-state index in [1.165, 1.54) is 12.3 Å². The van der Waals surface area contributed by atoms with Gasteiger partial charge >= 0.3 is 0 Å². The Bertz CT molecular complexity index is 1440. The first-order chi connectivity index (χ1) is 18.6. The number of Topliss-reactive ketones (excluding diaryl/α,β-unsaturated/α-hetero) is 1. The number of hydrogen-bond acceptors (Lipinski definition) is 6. The molecule has 3 amide bonds. The highest BCUT2D eigenvalue weighted by Crippen LogP contribution is 2.27. The Labute approximate surface area is 239 Å². The predicted octanol–water partition coefficient (Wildman–Crippen LogP) is 1.89. The molecule has 0 bridgehead atoms. The monoisotopic (exact) mass is 646 g/mol. The molecule has 1 fully saturated rings. The largest absolute Gasteiger partial charge is 0.349 e. The SMILES string of the molecule is CC(C)CC(NC(=O)c1nc2ccccc2n1I)C(=O)NC(Cc1ccc[nH]c1=O)C(=O)C(=O)NCC1CC1. The number of H-pyrrole nitrogens is 1. The van der Waals surface area contributed by atoms with Crippen molar-refractivity contribution in [1.29, 1.82) is 0 Å². The van der Waals surface area contributed by atoms with Crippen LogP contribution >= 0.6 is 22.9 Å². The molecule has 2 atom stereocenters. The maximum Gasteiger partial charge on any atom is 0.289 e. The highest BCUT2D eigenvalue weighted by Gasteiger charge is 2.33. The zero-order valence-electron chi connectivity index (χ0n) is 21.7. The van der Waals surface area contributed by atoms with Crippen LogP contribution in [0.4, 0.5) is 0 Å². The summed E-state index contributed by atoms with van der Waals surface area (Å²) in [7, 11) is 0. The number of fused-ring (bicyclic) bond motifs is 1. The van der Waals surface area contributed by atoms with E-state index in [-0.39, 0.29) is 30.1 Å². The van der Waals surface area contributed by atoms with Crippen LogP contribution < -0.4 is 21.5 Å². The number of nitrogens with one attached hydrogen (secondary N) is 4. The molecule has 0 aliphatic heterocycles. The Morgan fingerprint density at radius 3 is 2.49 bits per heavy atom. The summed E-state index contributed by atoms with van der Waals surface area (Å²) < 4.78 is 1.62. The Morgan fingerprint density at radius 1 is 1.08 bits per heavy atom. The lowest BCUT2D eigenvalue weighted by molar-refractivity contribution is -0.140. The molecule has 4 N–H and O–H groups in total. The Hall–Kier alpha value is -3.55. The fourth-order valence-electron chi connectivity index (χ4n) is 4.19. The molecule has 2 aromatic heterocycles. The standard InChI is InChI=1S/C27H31IN6O5/c1-15(2)12-20(33-27(39)23-31-18-7-3-4-8-21(18)34(23)28)25(37)32-19(13-17-6-5-11-29-24(17)36)22(35)26(38)30-14-16-9-10-16/h3-8,11,15-16,19-20H,9-10,12-14H2,1-2H3,(H,29,36)(H,30,38)(H,32,37)(H,33,39). The van der Waals surface area contributed by atoms with Crippen molar-refractivity contribution in [3.63, 3.8) is 0 Å². The molecule has 0 spiro atoms. The second-order valence-corrected chi connectivity index (χ2v) is 11.1. The van der Waals surface area contributed by atoms with E-state index < -0.39 is 41.1 Å². The predicted molar refractivity (Wildman–Crippen MR) is 153 cm³/mol. The van der Waals surface area contributed by atoms with E-state index in [1.807, 2.05) is 54.9 Å². The third-order valence-electron chi connectivity index (χ3n) is 6.47. The number of hydrogen-bond donors (Lipinski definition) is 4. The number of carbonyl (C=O) groups excluding carboxylic acids is 4. The van der Waals surface area contributed by atoms with Crippen molar-refractivity contribution in [1.82, 2.24) is 28.7 Å². The summed E-state index contributed by atoms with van der Waals surface area (Å²) >= 11 is 1.98. The van der Waals surface area contributed by atoms with Crippen LogP contribution in [0.1, 0.15) is 49.3 Å². The Balaban J connectivity index is 1.54. The number of aromatic amines is 1. The van der Waals surface area contributed by atoms with Gasteiger partial charge in [-0.05, 0) is 49.3 Å². The van der Waals surface area contributed by atoms with E-state index in [9.17, 15) is 24.0 Å². The van der Waals surface area contributed by atoms with Crippen molar-refractivity contribution in [2.24, 2.45) is 11.8 Å². The lowest BCUT2D eigenvalue weighted by atomic mass is 9.99. The summed E-state index contributed by atoms with van der Waals surface area (Å²) in [6.45, 7) is 4.19. The van der Waals surface area contributed by atoms with Gasteiger partial charge in [-0.15, -0.1) is 0 Å². The highest BCUT2D eigenvalue weighted by atomic mass is 127. The third-order valence-corrected chi connectivity index (χ3v) is 7.44. The van der Waals surface area contributed by atoms with Crippen molar-refractivity contribution >= 4 is 57.4 Å². The number of pyridine rings is 1. The first-order valence-corrected chi connectivity index (χ1v) is 13.8. The fourth-order valence-corrected chi connectivity index (χ4v) is 4.92. The summed E-state index contributed by atoms with van der Waals surface area (Å²) in [5.41, 5.74) is 1.21. The number of para-hydroxylation sites is 2. The minimum atomic E-state index is -1.29. The number of rotatable bonds is 12. The first kappa shape index (κ1) is 28.5. The van der Waals surface area contributed by atoms with Crippen LogP contribution in [0.5, 0.6) is 0 Å². The van der Waals surface area contributed by atoms with Gasteiger partial charge < -0.3 is 20.9 Å². The van der Waals surface area contributed by atoms with Gasteiger partial charge in [0.2, 0.25) is 17.5 Å². The summed E-state index contributed by atoms with van der Waals surface area (Å²) in [4.78, 5) is 71.6. The number of nitrogens with zero attached hydrogens (tertiary/aromatic N) is 2. The zero-order chi connectivity index (χ0) is 28.1. The van der Waals surface area contributed by atoms with Crippen LogP contribution in [-0.2, 0) is 20.8 Å². The average Bonchev–Trinajstić information content (AvgIpc) is 3.68. The van der Waals surface area contributed by atoms with Crippen LogP contribution in [-0.4, -0.2) is 54.9 Å². The quantitative estimate of drug-likeness (QED) is 0.174. The number of benzene rings is 1. The van der Waals surface area contributed by atoms with Crippen LogP contribution in [0, 0.1) is 11.8 Å². The van der Waals surface area contributed by atoms with Crippen molar-refractivity contribution in [3.05, 3.63) is 64.3 Å². The normalized spacial score (nSPS) is 14.6. The molecule has 2 unspecified atom stereocenters. The van der Waals surface area contributed by atoms with Crippen molar-refractivity contribution < 1.29 is 19.2 Å². The first-order valence-electron chi connectivity index (χ1n) is 12.9. The highest BCUT2D eigenvalue weighted by molar-refractivity contribution is 14.1. The minimum absolute atomic E-state index is 0.0208. The Morgan fingerprint density at radius 2 is 1.82 bits per heavy atom. The van der Waals surface area contributed by atoms with Gasteiger partial charge in [-0.1, -0.05) is 32.0 Å². The zero-order valence-corrected chi connectivity index (χ0v) is 23.9. The molecule has 1 aliphatic rings. The molecule has 39 heavy (non-hydrogen) atoms. The molecule has 1 aromatic carbocycles. The maximum absolute atomic E-state index is 13.5. The van der Waals surface area contributed by atoms with E-state index in [0.717, 1.165) is 18.4 Å². The van der Waals surface area contributed by atoms with E-state index in [1.54, 1.807) is 14.9 Å². The summed E-state index contributed by atoms with van der Waals surface area (Å²) in [6, 6.07) is 8.11. The molecule has 206 valence electrons. The number of halogens is 1. The molecule has 3 aromatic rings. The lowest BCUT2D eigenvalue weighted by Crippen LogP contribution is -2.55. The topological polar surface area (TPSA) is 155 Å². The molecule has 0 saturated heterocycles. The molecule has 2 heterocycles. The smallest absolute Gasteiger partial charge is 0.289 e. The molecule has 12 heteroatoms. The molecule has 4 rings (SSSR count). The molecule has 1 saturated carbocycles. The molecule has 1 aliphatic carbocycles. The van der Waals surface area contributed by atoms with Crippen molar-refractivity contribution in [2.75, 3.05) is 6.54 Å². The van der Waals surface area contributed by atoms with Gasteiger partial charge in [-0.3, -0.25) is 26.8 Å². The van der Waals surface area contributed by atoms with Crippen molar-refractivity contribution in [3.8, 4) is 0 Å². The molecular weight excluding hydrogens is 615 g/mol. The van der Waals surface area contributed by atoms with Gasteiger partial charge in [0.1, 0.15) is 12.1 Å². The number of amides is 3. The number of ketones is 1. The van der Waals surface area contributed by atoms with Crippen LogP contribution in [0.2, 0.25) is 0 Å². The van der Waals surface area contributed by atoms with Gasteiger partial charge in [0.25, 0.3) is 17.4 Å². The van der Waals surface area contributed by atoms with E-state index in [0.29, 0.717) is 18.0 Å². The van der Waals surface area contributed by atoms with Crippen LogP contribution in [0.15, 0.2) is 47.4 Å². The lowest BCUT2D eigenvalue weighted by Gasteiger charge is -2.23.